The van der Waals surface area contributed by atoms with Gasteiger partial charge in [0.25, 0.3) is 0 Å². The first kappa shape index (κ1) is 12.9. The van der Waals surface area contributed by atoms with E-state index in [1.165, 1.54) is 0 Å². The second-order valence-electron chi connectivity index (χ2n) is 4.76. The van der Waals surface area contributed by atoms with Crippen LogP contribution in [-0.2, 0) is 0 Å². The molecule has 0 aliphatic carbocycles. The predicted octanol–water partition coefficient (Wildman–Crippen LogP) is 2.05. The van der Waals surface area contributed by atoms with Gasteiger partial charge in [-0.15, -0.1) is 0 Å². The predicted molar refractivity (Wildman–Crippen MR) is 74.8 cm³/mol. The first-order valence-corrected chi connectivity index (χ1v) is 6.63. The van der Waals surface area contributed by atoms with Crippen molar-refractivity contribution in [3.8, 4) is 11.6 Å². The summed E-state index contributed by atoms with van der Waals surface area (Å²) in [4.78, 5) is 8.52. The maximum Gasteiger partial charge on any atom is 0.237 e. The Hall–Kier alpha value is -2.14. The highest BCUT2D eigenvalue weighted by atomic mass is 16.5. The van der Waals surface area contributed by atoms with Crippen LogP contribution in [0.25, 0.3) is 0 Å². The number of hydrogen-bond donors (Lipinski definition) is 1. The van der Waals surface area contributed by atoms with Gasteiger partial charge in [0.1, 0.15) is 11.4 Å². The summed E-state index contributed by atoms with van der Waals surface area (Å²) in [5.41, 5.74) is 8.24. The number of aromatic nitrogens is 2. The fraction of sp³-hybridized carbons (Fsp3) is 0.333. The number of nitrogens with two attached hydrogens (primary N) is 1. The minimum absolute atomic E-state index is 0.158. The molecule has 0 bridgehead atoms. The smallest absolute Gasteiger partial charge is 0.237 e. The summed E-state index contributed by atoms with van der Waals surface area (Å²) >= 11 is 0. The van der Waals surface area contributed by atoms with Crippen LogP contribution in [0.1, 0.15) is 29.6 Å². The lowest BCUT2D eigenvalue weighted by molar-refractivity contribution is 0.253. The van der Waals surface area contributed by atoms with Gasteiger partial charge in [-0.05, 0) is 18.1 Å². The van der Waals surface area contributed by atoms with Crippen LogP contribution in [0.5, 0.6) is 11.6 Å². The lowest BCUT2D eigenvalue weighted by atomic mass is 9.85. The van der Waals surface area contributed by atoms with Gasteiger partial charge < -0.3 is 15.2 Å². The maximum atomic E-state index is 6.42. The fourth-order valence-electron chi connectivity index (χ4n) is 2.66. The zero-order valence-corrected chi connectivity index (χ0v) is 11.3. The maximum absolute atomic E-state index is 6.42. The largest absolute Gasteiger partial charge is 0.493 e. The van der Waals surface area contributed by atoms with E-state index in [9.17, 15) is 0 Å². The average molecular weight is 271 g/mol. The molecule has 5 nitrogen and oxygen atoms in total. The second kappa shape index (κ2) is 5.46. The van der Waals surface area contributed by atoms with E-state index >= 15 is 0 Å². The molecule has 2 heterocycles. The molecule has 0 saturated heterocycles. The lowest BCUT2D eigenvalue weighted by Crippen LogP contribution is -2.26. The summed E-state index contributed by atoms with van der Waals surface area (Å²) in [6.07, 6.45) is 4.10. The Bertz CT molecular complexity index is 603. The Kier molecular flexibility index (Phi) is 3.52. The van der Waals surface area contributed by atoms with E-state index < -0.39 is 0 Å². The van der Waals surface area contributed by atoms with Crippen molar-refractivity contribution in [3.05, 3.63) is 47.9 Å². The third-order valence-electron chi connectivity index (χ3n) is 3.64. The minimum atomic E-state index is -0.260. The van der Waals surface area contributed by atoms with Gasteiger partial charge in [-0.25, -0.2) is 4.98 Å². The third-order valence-corrected chi connectivity index (χ3v) is 3.64. The number of hydrogen-bond acceptors (Lipinski definition) is 5. The molecule has 1 aliphatic rings. The molecule has 1 aliphatic heterocycles. The van der Waals surface area contributed by atoms with E-state index in [-0.39, 0.29) is 12.0 Å². The number of nitrogens with zero attached hydrogens (tertiary/aromatic N) is 2. The molecule has 3 rings (SSSR count). The van der Waals surface area contributed by atoms with Crippen molar-refractivity contribution in [2.75, 3.05) is 13.7 Å². The van der Waals surface area contributed by atoms with E-state index in [4.69, 9.17) is 15.2 Å². The number of methoxy groups -OCH3 is 1. The van der Waals surface area contributed by atoms with Gasteiger partial charge in [0.2, 0.25) is 5.88 Å². The van der Waals surface area contributed by atoms with Crippen molar-refractivity contribution >= 4 is 0 Å². The lowest BCUT2D eigenvalue weighted by Gasteiger charge is -2.30. The highest BCUT2D eigenvalue weighted by molar-refractivity contribution is 5.40. The summed E-state index contributed by atoms with van der Waals surface area (Å²) in [5, 5.41) is 0. The van der Waals surface area contributed by atoms with Crippen LogP contribution < -0.4 is 15.2 Å². The molecule has 0 amide bonds. The van der Waals surface area contributed by atoms with Gasteiger partial charge in [0.05, 0.1) is 19.8 Å². The highest BCUT2D eigenvalue weighted by Crippen LogP contribution is 2.40. The number of benzene rings is 1. The van der Waals surface area contributed by atoms with Gasteiger partial charge in [-0.1, -0.05) is 18.2 Å². The van der Waals surface area contributed by atoms with Crippen molar-refractivity contribution in [1.29, 1.82) is 0 Å². The number of ether oxygens (including phenoxy) is 2. The summed E-state index contributed by atoms with van der Waals surface area (Å²) in [7, 11) is 1.58. The molecule has 2 atom stereocenters. The summed E-state index contributed by atoms with van der Waals surface area (Å²) in [5.74, 6) is 1.55. The molecule has 5 heteroatoms. The molecule has 0 saturated carbocycles. The Morgan fingerprint density at radius 2 is 2.10 bits per heavy atom. The van der Waals surface area contributed by atoms with Crippen LogP contribution in [-0.4, -0.2) is 23.7 Å². The molecular weight excluding hydrogens is 254 g/mol. The van der Waals surface area contributed by atoms with Gasteiger partial charge in [-0.3, -0.25) is 4.98 Å². The first-order valence-electron chi connectivity index (χ1n) is 6.63. The summed E-state index contributed by atoms with van der Waals surface area (Å²) in [6.45, 7) is 0.665. The van der Waals surface area contributed by atoms with Crippen LogP contribution in [0.3, 0.4) is 0 Å². The third kappa shape index (κ3) is 2.20. The van der Waals surface area contributed by atoms with E-state index in [2.05, 4.69) is 16.0 Å². The van der Waals surface area contributed by atoms with Crippen molar-refractivity contribution < 1.29 is 9.47 Å². The Labute approximate surface area is 117 Å². The Morgan fingerprint density at radius 3 is 2.95 bits per heavy atom. The number of fused-ring (bicyclic) bond motifs is 1. The number of rotatable bonds is 3. The van der Waals surface area contributed by atoms with Crippen molar-refractivity contribution in [2.45, 2.75) is 18.4 Å². The average Bonchev–Trinajstić information content (AvgIpc) is 2.53. The molecule has 1 aromatic heterocycles. The van der Waals surface area contributed by atoms with Crippen molar-refractivity contribution in [3.63, 3.8) is 0 Å². The Balaban J connectivity index is 1.97. The molecule has 2 unspecified atom stereocenters. The van der Waals surface area contributed by atoms with Crippen LogP contribution >= 0.6 is 0 Å². The molecule has 1 aromatic carbocycles. The molecule has 2 N–H and O–H groups in total. The van der Waals surface area contributed by atoms with E-state index in [1.807, 2.05) is 18.2 Å². The van der Waals surface area contributed by atoms with Gasteiger partial charge in [-0.2, -0.15) is 0 Å². The topological polar surface area (TPSA) is 70.3 Å². The molecular formula is C15H17N3O2. The first-order chi connectivity index (χ1) is 9.81. The molecule has 0 spiro atoms. The molecule has 104 valence electrons. The molecule has 0 radical (unpaired) electrons. The van der Waals surface area contributed by atoms with Crippen LogP contribution in [0.4, 0.5) is 0 Å². The van der Waals surface area contributed by atoms with Crippen LogP contribution in [0.15, 0.2) is 36.7 Å². The van der Waals surface area contributed by atoms with Gasteiger partial charge in [0.15, 0.2) is 0 Å². The second-order valence-corrected chi connectivity index (χ2v) is 4.76. The monoisotopic (exact) mass is 271 g/mol. The Morgan fingerprint density at radius 1 is 1.30 bits per heavy atom. The SMILES string of the molecule is COc1nccnc1C(N)C1CCOc2ccccc21. The van der Waals surface area contributed by atoms with Gasteiger partial charge in [0, 0.05) is 18.3 Å². The zero-order valence-electron chi connectivity index (χ0n) is 11.3. The van der Waals surface area contributed by atoms with Crippen LogP contribution in [0.2, 0.25) is 0 Å². The van der Waals surface area contributed by atoms with Gasteiger partial charge >= 0.3 is 0 Å². The van der Waals surface area contributed by atoms with Crippen molar-refractivity contribution in [1.82, 2.24) is 9.97 Å². The zero-order chi connectivity index (χ0) is 13.9. The number of para-hydroxylation sites is 1. The normalized spacial score (nSPS) is 18.8. The standard InChI is InChI=1S/C15H17N3O2/c1-19-15-14(17-7-8-18-15)13(16)11-6-9-20-12-5-3-2-4-10(11)12/h2-5,7-8,11,13H,6,9,16H2,1H3. The quantitative estimate of drug-likeness (QED) is 0.925. The minimum Gasteiger partial charge on any atom is -0.493 e. The molecule has 2 aromatic rings. The van der Waals surface area contributed by atoms with Crippen molar-refractivity contribution in [2.24, 2.45) is 5.73 Å². The molecule has 0 fully saturated rings. The molecule has 20 heavy (non-hydrogen) atoms. The van der Waals surface area contributed by atoms with E-state index in [0.717, 1.165) is 17.7 Å². The fourth-order valence-corrected chi connectivity index (χ4v) is 2.66. The summed E-state index contributed by atoms with van der Waals surface area (Å²) < 4.78 is 10.9. The summed E-state index contributed by atoms with van der Waals surface area (Å²) in [6, 6.07) is 7.74. The van der Waals surface area contributed by atoms with Crippen LogP contribution in [0, 0.1) is 0 Å². The highest BCUT2D eigenvalue weighted by Gasteiger charge is 2.30. The van der Waals surface area contributed by atoms with E-state index in [0.29, 0.717) is 18.2 Å². The van der Waals surface area contributed by atoms with E-state index in [1.54, 1.807) is 19.5 Å².